The van der Waals surface area contributed by atoms with Crippen LogP contribution in [0.4, 0.5) is 20.2 Å². The molecule has 5 nitrogen and oxygen atoms in total. The molecular formula is C20H21F2N3O2. The van der Waals surface area contributed by atoms with Gasteiger partial charge in [0.05, 0.1) is 25.9 Å². The fourth-order valence-electron chi connectivity index (χ4n) is 3.31. The van der Waals surface area contributed by atoms with E-state index in [0.29, 0.717) is 24.6 Å². The standard InChI is InChI=1S/C20H21F2N3O2/c1-26-16-9-15(10-17(11-16)27-2)24-14-3-5-25(6-4-14)20-18(21)7-13(12-23)8-19(20)22/h7-11,14,24H,3-6H2,1-2H3. The molecule has 0 saturated carbocycles. The van der Waals surface area contributed by atoms with E-state index in [1.54, 1.807) is 31.3 Å². The van der Waals surface area contributed by atoms with E-state index in [2.05, 4.69) is 5.32 Å². The lowest BCUT2D eigenvalue weighted by Crippen LogP contribution is -2.40. The van der Waals surface area contributed by atoms with Gasteiger partial charge in [0.1, 0.15) is 17.2 Å². The summed E-state index contributed by atoms with van der Waals surface area (Å²) < 4.78 is 39.0. The maximum Gasteiger partial charge on any atom is 0.150 e. The number of rotatable bonds is 5. The Morgan fingerprint density at radius 3 is 2.04 bits per heavy atom. The summed E-state index contributed by atoms with van der Waals surface area (Å²) in [5.41, 5.74) is 0.799. The van der Waals surface area contributed by atoms with Crippen LogP contribution >= 0.6 is 0 Å². The molecule has 0 aliphatic carbocycles. The summed E-state index contributed by atoms with van der Waals surface area (Å²) in [6.45, 7) is 1.02. The van der Waals surface area contributed by atoms with E-state index in [1.807, 2.05) is 12.1 Å². The summed E-state index contributed by atoms with van der Waals surface area (Å²) in [5, 5.41) is 12.2. The molecule has 27 heavy (non-hydrogen) atoms. The third kappa shape index (κ3) is 4.22. The van der Waals surface area contributed by atoms with E-state index in [9.17, 15) is 8.78 Å². The minimum Gasteiger partial charge on any atom is -0.497 e. The fourth-order valence-corrected chi connectivity index (χ4v) is 3.31. The molecule has 142 valence electrons. The average Bonchev–Trinajstić information content (AvgIpc) is 2.68. The summed E-state index contributed by atoms with van der Waals surface area (Å²) in [4.78, 5) is 1.69. The van der Waals surface area contributed by atoms with Crippen LogP contribution in [0, 0.1) is 23.0 Å². The van der Waals surface area contributed by atoms with Gasteiger partial charge in [0.2, 0.25) is 0 Å². The molecule has 2 aromatic carbocycles. The number of nitrogens with zero attached hydrogens (tertiary/aromatic N) is 2. The molecule has 0 bridgehead atoms. The first-order valence-electron chi connectivity index (χ1n) is 8.67. The lowest BCUT2D eigenvalue weighted by Gasteiger charge is -2.34. The SMILES string of the molecule is COc1cc(NC2CCN(c3c(F)cc(C#N)cc3F)CC2)cc(OC)c1. The van der Waals surface area contributed by atoms with Gasteiger partial charge in [-0.15, -0.1) is 0 Å². The largest absolute Gasteiger partial charge is 0.497 e. The number of hydrogen-bond donors (Lipinski definition) is 1. The van der Waals surface area contributed by atoms with E-state index in [4.69, 9.17) is 14.7 Å². The van der Waals surface area contributed by atoms with Gasteiger partial charge < -0.3 is 19.7 Å². The summed E-state index contributed by atoms with van der Waals surface area (Å²) in [7, 11) is 3.19. The van der Waals surface area contributed by atoms with Crippen LogP contribution in [0.1, 0.15) is 18.4 Å². The lowest BCUT2D eigenvalue weighted by molar-refractivity contribution is 0.394. The molecule has 2 aromatic rings. The van der Waals surface area contributed by atoms with Gasteiger partial charge in [0.25, 0.3) is 0 Å². The highest BCUT2D eigenvalue weighted by Gasteiger charge is 2.24. The Bertz CT molecular complexity index is 814. The monoisotopic (exact) mass is 373 g/mol. The van der Waals surface area contributed by atoms with Crippen molar-refractivity contribution in [1.82, 2.24) is 0 Å². The first kappa shape index (κ1) is 18.8. The molecule has 0 amide bonds. The molecule has 1 saturated heterocycles. The van der Waals surface area contributed by atoms with Crippen molar-refractivity contribution in [2.45, 2.75) is 18.9 Å². The number of piperidine rings is 1. The molecule has 0 unspecified atom stereocenters. The van der Waals surface area contributed by atoms with Crippen LogP contribution in [0.15, 0.2) is 30.3 Å². The van der Waals surface area contributed by atoms with E-state index in [0.717, 1.165) is 30.7 Å². The molecule has 3 rings (SSSR count). The number of hydrogen-bond acceptors (Lipinski definition) is 5. The lowest BCUT2D eigenvalue weighted by atomic mass is 10.0. The average molecular weight is 373 g/mol. The maximum atomic E-state index is 14.2. The first-order chi connectivity index (χ1) is 13.0. The molecule has 0 aromatic heterocycles. The third-order valence-electron chi connectivity index (χ3n) is 4.68. The predicted molar refractivity (Wildman–Crippen MR) is 99.5 cm³/mol. The van der Waals surface area contributed by atoms with Crippen LogP contribution in [0.2, 0.25) is 0 Å². The van der Waals surface area contributed by atoms with Gasteiger partial charge in [-0.1, -0.05) is 0 Å². The molecule has 0 spiro atoms. The highest BCUT2D eigenvalue weighted by Crippen LogP contribution is 2.30. The van der Waals surface area contributed by atoms with Crippen LogP contribution in [0.25, 0.3) is 0 Å². The number of nitrogens with one attached hydrogen (secondary N) is 1. The van der Waals surface area contributed by atoms with E-state index >= 15 is 0 Å². The summed E-state index contributed by atoms with van der Waals surface area (Å²) in [5.74, 6) is -0.0157. The van der Waals surface area contributed by atoms with Gasteiger partial charge in [-0.2, -0.15) is 5.26 Å². The second kappa shape index (κ2) is 8.12. The van der Waals surface area contributed by atoms with Crippen LogP contribution in [0.5, 0.6) is 11.5 Å². The number of halogens is 2. The van der Waals surface area contributed by atoms with Gasteiger partial charge in [0, 0.05) is 43.0 Å². The maximum absolute atomic E-state index is 14.2. The zero-order chi connectivity index (χ0) is 19.4. The normalized spacial score (nSPS) is 14.6. The van der Waals surface area contributed by atoms with Crippen molar-refractivity contribution in [3.05, 3.63) is 47.5 Å². The van der Waals surface area contributed by atoms with Crippen molar-refractivity contribution in [2.24, 2.45) is 0 Å². The summed E-state index contributed by atoms with van der Waals surface area (Å²) in [6, 6.07) is 9.64. The molecule has 0 atom stereocenters. The van der Waals surface area contributed by atoms with Crippen molar-refractivity contribution < 1.29 is 18.3 Å². The van der Waals surface area contributed by atoms with Gasteiger partial charge in [-0.25, -0.2) is 8.78 Å². The molecule has 0 radical (unpaired) electrons. The van der Waals surface area contributed by atoms with Crippen LogP contribution in [-0.4, -0.2) is 33.4 Å². The molecule has 7 heteroatoms. The summed E-state index contributed by atoms with van der Waals surface area (Å²) in [6.07, 6.45) is 1.44. The Morgan fingerprint density at radius 1 is 1.00 bits per heavy atom. The quantitative estimate of drug-likeness (QED) is 0.860. The van der Waals surface area contributed by atoms with Gasteiger partial charge in [-0.05, 0) is 25.0 Å². The topological polar surface area (TPSA) is 57.5 Å². The van der Waals surface area contributed by atoms with Crippen LogP contribution in [0.3, 0.4) is 0 Å². The smallest absolute Gasteiger partial charge is 0.150 e. The zero-order valence-electron chi connectivity index (χ0n) is 15.3. The summed E-state index contributed by atoms with van der Waals surface area (Å²) >= 11 is 0. The minimum absolute atomic E-state index is 0.0164. The highest BCUT2D eigenvalue weighted by atomic mass is 19.1. The molecule has 1 aliphatic rings. The van der Waals surface area contributed by atoms with Gasteiger partial charge in [0.15, 0.2) is 11.6 Å². The van der Waals surface area contributed by atoms with Crippen molar-refractivity contribution in [1.29, 1.82) is 5.26 Å². The van der Waals surface area contributed by atoms with Gasteiger partial charge in [-0.3, -0.25) is 0 Å². The Balaban J connectivity index is 1.67. The number of methoxy groups -OCH3 is 2. The van der Waals surface area contributed by atoms with Gasteiger partial charge >= 0.3 is 0 Å². The first-order valence-corrected chi connectivity index (χ1v) is 8.67. The molecule has 1 N–H and O–H groups in total. The molecule has 1 fully saturated rings. The van der Waals surface area contributed by atoms with E-state index in [-0.39, 0.29) is 17.3 Å². The highest BCUT2D eigenvalue weighted by molar-refractivity contribution is 5.55. The van der Waals surface area contributed by atoms with Crippen LogP contribution in [-0.2, 0) is 0 Å². The molecule has 1 heterocycles. The predicted octanol–water partition coefficient (Wildman–Crippen LogP) is 3.93. The van der Waals surface area contributed by atoms with Crippen molar-refractivity contribution in [2.75, 3.05) is 37.5 Å². The Labute approximate surface area is 157 Å². The Hall–Kier alpha value is -3.01. The number of anilines is 2. The minimum atomic E-state index is -0.699. The third-order valence-corrected chi connectivity index (χ3v) is 4.68. The zero-order valence-corrected chi connectivity index (χ0v) is 15.3. The number of ether oxygens (including phenoxy) is 2. The second-order valence-corrected chi connectivity index (χ2v) is 6.41. The van der Waals surface area contributed by atoms with Crippen LogP contribution < -0.4 is 19.7 Å². The van der Waals surface area contributed by atoms with Crippen molar-refractivity contribution in [3.8, 4) is 17.6 Å². The number of nitriles is 1. The number of benzene rings is 2. The van der Waals surface area contributed by atoms with Crippen molar-refractivity contribution in [3.63, 3.8) is 0 Å². The second-order valence-electron chi connectivity index (χ2n) is 6.41. The fraction of sp³-hybridized carbons (Fsp3) is 0.350. The van der Waals surface area contributed by atoms with Crippen molar-refractivity contribution >= 4 is 11.4 Å². The Morgan fingerprint density at radius 2 is 1.56 bits per heavy atom. The molecular weight excluding hydrogens is 352 g/mol. The van der Waals surface area contributed by atoms with E-state index < -0.39 is 11.6 Å². The molecule has 1 aliphatic heterocycles. The Kier molecular flexibility index (Phi) is 5.65. The van der Waals surface area contributed by atoms with E-state index in [1.165, 1.54) is 0 Å².